The third kappa shape index (κ3) is 4.79. The lowest BCUT2D eigenvalue weighted by Crippen LogP contribution is -2.34. The average molecular weight is 343 g/mol. The maximum Gasteiger partial charge on any atom is 0.257 e. The highest BCUT2D eigenvalue weighted by Crippen LogP contribution is 2.12. The third-order valence-corrected chi connectivity index (χ3v) is 3.29. The van der Waals surface area contributed by atoms with E-state index in [9.17, 15) is 9.59 Å². The fourth-order valence-electron chi connectivity index (χ4n) is 1.92. The fourth-order valence-corrected chi connectivity index (χ4v) is 2.14. The van der Waals surface area contributed by atoms with Gasteiger partial charge in [-0.2, -0.15) is 0 Å². The van der Waals surface area contributed by atoms with Crippen molar-refractivity contribution in [3.8, 4) is 5.75 Å². The zero-order valence-corrected chi connectivity index (χ0v) is 13.9. The molecule has 0 heterocycles. The van der Waals surface area contributed by atoms with Gasteiger partial charge in [0.15, 0.2) is 5.11 Å². The Morgan fingerprint density at radius 1 is 1.04 bits per heavy atom. The van der Waals surface area contributed by atoms with Crippen molar-refractivity contribution in [2.24, 2.45) is 5.73 Å². The maximum atomic E-state index is 12.1. The van der Waals surface area contributed by atoms with E-state index in [0.717, 1.165) is 0 Å². The molecule has 0 aliphatic heterocycles. The summed E-state index contributed by atoms with van der Waals surface area (Å²) in [5.74, 6) is -0.137. The van der Waals surface area contributed by atoms with Crippen LogP contribution in [0.3, 0.4) is 0 Å². The number of hydrogen-bond donors (Lipinski definition) is 3. The Kier molecular flexibility index (Phi) is 5.86. The van der Waals surface area contributed by atoms with Crippen molar-refractivity contribution < 1.29 is 14.3 Å². The Hall–Kier alpha value is -2.93. The second kappa shape index (κ2) is 8.07. The number of carbonyl (C=O) groups is 2. The van der Waals surface area contributed by atoms with Gasteiger partial charge in [0.05, 0.1) is 6.61 Å². The minimum Gasteiger partial charge on any atom is -0.494 e. The normalized spacial score (nSPS) is 9.88. The molecule has 0 spiro atoms. The number of ether oxygens (including phenoxy) is 1. The first-order valence-corrected chi connectivity index (χ1v) is 7.65. The van der Waals surface area contributed by atoms with Gasteiger partial charge >= 0.3 is 0 Å². The Balaban J connectivity index is 1.93. The molecule has 0 aliphatic rings. The van der Waals surface area contributed by atoms with E-state index in [-0.39, 0.29) is 11.0 Å². The van der Waals surface area contributed by atoms with Crippen molar-refractivity contribution in [2.75, 3.05) is 11.9 Å². The largest absolute Gasteiger partial charge is 0.494 e. The lowest BCUT2D eigenvalue weighted by atomic mass is 10.2. The van der Waals surface area contributed by atoms with Crippen LogP contribution >= 0.6 is 12.2 Å². The highest BCUT2D eigenvalue weighted by atomic mass is 32.1. The second-order valence-electron chi connectivity index (χ2n) is 4.81. The van der Waals surface area contributed by atoms with E-state index in [1.165, 1.54) is 0 Å². The summed E-state index contributed by atoms with van der Waals surface area (Å²) in [5.41, 5.74) is 6.67. The molecule has 2 amide bonds. The minimum absolute atomic E-state index is 0.153. The molecule has 0 radical (unpaired) electrons. The molecule has 0 bridgehead atoms. The van der Waals surface area contributed by atoms with Gasteiger partial charge in [0.2, 0.25) is 5.91 Å². The fraction of sp³-hybridized carbons (Fsp3) is 0.118. The molecule has 0 aliphatic carbocycles. The minimum atomic E-state index is -0.507. The summed E-state index contributed by atoms with van der Waals surface area (Å²) >= 11 is 5.10. The van der Waals surface area contributed by atoms with Gasteiger partial charge in [0, 0.05) is 16.8 Å². The van der Waals surface area contributed by atoms with E-state index < -0.39 is 5.91 Å². The van der Waals surface area contributed by atoms with E-state index in [2.05, 4.69) is 10.6 Å². The first kappa shape index (κ1) is 17.4. The lowest BCUT2D eigenvalue weighted by Gasteiger charge is -2.10. The summed E-state index contributed by atoms with van der Waals surface area (Å²) in [5, 5.41) is 5.60. The predicted octanol–water partition coefficient (Wildman–Crippen LogP) is 2.31. The summed E-state index contributed by atoms with van der Waals surface area (Å²) < 4.78 is 5.32. The quantitative estimate of drug-likeness (QED) is 0.725. The molecule has 24 heavy (non-hydrogen) atoms. The molecule has 7 heteroatoms. The number of anilines is 1. The number of carbonyl (C=O) groups excluding carboxylic acids is 2. The number of primary amides is 1. The van der Waals surface area contributed by atoms with E-state index in [4.69, 9.17) is 22.7 Å². The molecule has 0 fully saturated rings. The van der Waals surface area contributed by atoms with E-state index in [0.29, 0.717) is 29.2 Å². The van der Waals surface area contributed by atoms with Crippen LogP contribution in [-0.2, 0) is 0 Å². The van der Waals surface area contributed by atoms with Crippen LogP contribution in [0.2, 0.25) is 0 Å². The van der Waals surface area contributed by atoms with Crippen molar-refractivity contribution in [1.82, 2.24) is 5.32 Å². The number of benzene rings is 2. The topological polar surface area (TPSA) is 93.4 Å². The van der Waals surface area contributed by atoms with Crippen LogP contribution in [-0.4, -0.2) is 23.5 Å². The molecule has 2 aromatic carbocycles. The third-order valence-electron chi connectivity index (χ3n) is 3.08. The van der Waals surface area contributed by atoms with E-state index >= 15 is 0 Å². The molecular formula is C17H17N3O3S. The summed E-state index contributed by atoms with van der Waals surface area (Å²) in [6.07, 6.45) is 0. The standard InChI is InChI=1S/C17H17N3O3S/c1-2-23-14-9-5-12(6-10-14)16(22)20-17(24)19-13-7-3-11(4-8-13)15(18)21/h3-10H,2H2,1H3,(H2,18,21)(H2,19,20,22,24). The van der Waals surface area contributed by atoms with Crippen LogP contribution < -0.4 is 21.1 Å². The van der Waals surface area contributed by atoms with Crippen molar-refractivity contribution >= 4 is 34.8 Å². The van der Waals surface area contributed by atoms with E-state index in [1.54, 1.807) is 48.5 Å². The monoisotopic (exact) mass is 343 g/mol. The highest BCUT2D eigenvalue weighted by molar-refractivity contribution is 7.80. The van der Waals surface area contributed by atoms with Crippen LogP contribution in [0.1, 0.15) is 27.6 Å². The van der Waals surface area contributed by atoms with Gasteiger partial charge in [-0.25, -0.2) is 0 Å². The Bertz CT molecular complexity index is 743. The molecule has 2 rings (SSSR count). The van der Waals surface area contributed by atoms with Crippen molar-refractivity contribution in [3.05, 3.63) is 59.7 Å². The zero-order valence-electron chi connectivity index (χ0n) is 13.0. The van der Waals surface area contributed by atoms with Crippen LogP contribution in [0.25, 0.3) is 0 Å². The van der Waals surface area contributed by atoms with Gasteiger partial charge in [-0.1, -0.05) is 0 Å². The van der Waals surface area contributed by atoms with Gasteiger partial charge in [0.1, 0.15) is 5.75 Å². The number of hydrogen-bond acceptors (Lipinski definition) is 4. The average Bonchev–Trinajstić information content (AvgIpc) is 2.56. The molecule has 0 aromatic heterocycles. The molecular weight excluding hydrogens is 326 g/mol. The van der Waals surface area contributed by atoms with E-state index in [1.807, 2.05) is 6.92 Å². The van der Waals surface area contributed by atoms with Crippen LogP contribution in [0.15, 0.2) is 48.5 Å². The zero-order chi connectivity index (χ0) is 17.5. The lowest BCUT2D eigenvalue weighted by molar-refractivity contribution is 0.0975. The molecule has 4 N–H and O–H groups in total. The van der Waals surface area contributed by atoms with Gasteiger partial charge in [-0.3, -0.25) is 14.9 Å². The second-order valence-corrected chi connectivity index (χ2v) is 5.22. The van der Waals surface area contributed by atoms with Crippen LogP contribution in [0.5, 0.6) is 5.75 Å². The van der Waals surface area contributed by atoms with Gasteiger partial charge < -0.3 is 15.8 Å². The number of nitrogens with one attached hydrogen (secondary N) is 2. The van der Waals surface area contributed by atoms with Gasteiger partial charge in [0.25, 0.3) is 5.91 Å². The van der Waals surface area contributed by atoms with Crippen molar-refractivity contribution in [1.29, 1.82) is 0 Å². The highest BCUT2D eigenvalue weighted by Gasteiger charge is 2.08. The summed E-state index contributed by atoms with van der Waals surface area (Å²) in [6.45, 7) is 2.45. The Labute approximate surface area is 145 Å². The predicted molar refractivity (Wildman–Crippen MR) is 96.3 cm³/mol. The molecule has 6 nitrogen and oxygen atoms in total. The molecule has 2 aromatic rings. The van der Waals surface area contributed by atoms with Crippen molar-refractivity contribution in [3.63, 3.8) is 0 Å². The number of thiocarbonyl (C=S) groups is 1. The smallest absolute Gasteiger partial charge is 0.257 e. The van der Waals surface area contributed by atoms with Crippen molar-refractivity contribution in [2.45, 2.75) is 6.92 Å². The maximum absolute atomic E-state index is 12.1. The number of amides is 2. The SMILES string of the molecule is CCOc1ccc(C(=O)NC(=S)Nc2ccc(C(N)=O)cc2)cc1. The first-order valence-electron chi connectivity index (χ1n) is 7.24. The van der Waals surface area contributed by atoms with Crippen LogP contribution in [0, 0.1) is 0 Å². The van der Waals surface area contributed by atoms with Gasteiger partial charge in [-0.15, -0.1) is 0 Å². The van der Waals surface area contributed by atoms with Gasteiger partial charge in [-0.05, 0) is 67.7 Å². The summed E-state index contributed by atoms with van der Waals surface area (Å²) in [6, 6.07) is 13.2. The molecule has 0 unspecified atom stereocenters. The molecule has 124 valence electrons. The summed E-state index contributed by atoms with van der Waals surface area (Å²) in [4.78, 5) is 23.1. The molecule has 0 atom stereocenters. The Morgan fingerprint density at radius 2 is 1.62 bits per heavy atom. The molecule has 0 saturated heterocycles. The van der Waals surface area contributed by atoms with Crippen LogP contribution in [0.4, 0.5) is 5.69 Å². The summed E-state index contributed by atoms with van der Waals surface area (Å²) in [7, 11) is 0. The Morgan fingerprint density at radius 3 is 2.17 bits per heavy atom. The number of rotatable bonds is 5. The molecule has 0 saturated carbocycles. The first-order chi connectivity index (χ1) is 11.5. The number of nitrogens with two attached hydrogens (primary N) is 1.